The van der Waals surface area contributed by atoms with Gasteiger partial charge in [0.1, 0.15) is 0 Å². The molecule has 126 valence electrons. The first-order chi connectivity index (χ1) is 12.2. The largest absolute Gasteiger partial charge is 0.327 e. The number of aromatic nitrogens is 1. The van der Waals surface area contributed by atoms with Crippen LogP contribution in [0.4, 0.5) is 0 Å². The number of rotatable bonds is 5. The van der Waals surface area contributed by atoms with Crippen molar-refractivity contribution in [3.8, 4) is 0 Å². The molecule has 0 amide bonds. The quantitative estimate of drug-likeness (QED) is 0.482. The first-order valence-electron chi connectivity index (χ1n) is 8.94. The third-order valence-electron chi connectivity index (χ3n) is 5.17. The third kappa shape index (κ3) is 3.06. The number of hydrogen-bond acceptors (Lipinski definition) is 1. The highest BCUT2D eigenvalue weighted by molar-refractivity contribution is 6.07. The summed E-state index contributed by atoms with van der Waals surface area (Å²) < 4.78 is 2.44. The van der Waals surface area contributed by atoms with E-state index in [0.29, 0.717) is 6.04 Å². The smallest absolute Gasteiger partial charge is 0.0757 e. The van der Waals surface area contributed by atoms with Crippen molar-refractivity contribution in [3.05, 3.63) is 84.4 Å². The molecule has 2 nitrogen and oxygen atoms in total. The molecule has 1 atom stereocenters. The highest BCUT2D eigenvalue weighted by Gasteiger charge is 2.14. The number of nitrogens with zero attached hydrogens (tertiary/aromatic N) is 2. The zero-order valence-corrected chi connectivity index (χ0v) is 14.9. The van der Waals surface area contributed by atoms with Gasteiger partial charge in [0, 0.05) is 16.8 Å². The molecule has 1 unspecified atom stereocenters. The number of hydrogen-bond donors (Lipinski definition) is 0. The van der Waals surface area contributed by atoms with Gasteiger partial charge in [0.25, 0.3) is 0 Å². The lowest BCUT2D eigenvalue weighted by Crippen LogP contribution is -2.32. The van der Waals surface area contributed by atoms with Crippen molar-refractivity contribution >= 4 is 21.8 Å². The van der Waals surface area contributed by atoms with Crippen molar-refractivity contribution < 1.29 is 0 Å². The van der Waals surface area contributed by atoms with E-state index in [1.807, 2.05) is 0 Å². The Morgan fingerprint density at radius 1 is 0.760 bits per heavy atom. The maximum absolute atomic E-state index is 2.44. The summed E-state index contributed by atoms with van der Waals surface area (Å²) in [6.45, 7) is 3.20. The monoisotopic (exact) mass is 328 g/mol. The molecular weight excluding hydrogens is 304 g/mol. The Labute approximate surface area is 149 Å². The lowest BCUT2D eigenvalue weighted by molar-refractivity contribution is 0.210. The van der Waals surface area contributed by atoms with Gasteiger partial charge in [0.05, 0.1) is 17.7 Å². The van der Waals surface area contributed by atoms with Gasteiger partial charge in [-0.2, -0.15) is 0 Å². The highest BCUT2D eigenvalue weighted by atomic mass is 15.2. The zero-order chi connectivity index (χ0) is 17.2. The van der Waals surface area contributed by atoms with Gasteiger partial charge in [-0.05, 0) is 38.1 Å². The van der Waals surface area contributed by atoms with E-state index >= 15 is 0 Å². The second kappa shape index (κ2) is 6.73. The molecule has 0 saturated carbocycles. The van der Waals surface area contributed by atoms with E-state index in [9.17, 15) is 0 Å². The van der Waals surface area contributed by atoms with Gasteiger partial charge in [-0.25, -0.2) is 0 Å². The Kier molecular flexibility index (Phi) is 4.29. The maximum Gasteiger partial charge on any atom is 0.0757 e. The van der Waals surface area contributed by atoms with Crippen LogP contribution in [0.5, 0.6) is 0 Å². The first-order valence-corrected chi connectivity index (χ1v) is 8.94. The van der Waals surface area contributed by atoms with Crippen LogP contribution in [0.2, 0.25) is 0 Å². The van der Waals surface area contributed by atoms with E-state index in [4.69, 9.17) is 0 Å². The molecular formula is C23H24N2. The van der Waals surface area contributed by atoms with Gasteiger partial charge in [-0.15, -0.1) is 0 Å². The Morgan fingerprint density at radius 3 is 1.88 bits per heavy atom. The van der Waals surface area contributed by atoms with E-state index in [0.717, 1.165) is 13.1 Å². The number of fused-ring (bicyclic) bond motifs is 3. The molecule has 0 saturated heterocycles. The maximum atomic E-state index is 2.44. The molecule has 0 radical (unpaired) electrons. The molecule has 3 aromatic carbocycles. The Morgan fingerprint density at radius 2 is 1.28 bits per heavy atom. The summed E-state index contributed by atoms with van der Waals surface area (Å²) in [6, 6.07) is 28.6. The van der Waals surface area contributed by atoms with Crippen molar-refractivity contribution in [1.29, 1.82) is 0 Å². The molecule has 0 fully saturated rings. The van der Waals surface area contributed by atoms with E-state index in [-0.39, 0.29) is 0 Å². The molecule has 25 heavy (non-hydrogen) atoms. The summed E-state index contributed by atoms with van der Waals surface area (Å²) in [5.41, 5.74) is 4.01. The predicted molar refractivity (Wildman–Crippen MR) is 107 cm³/mol. The second-order valence-corrected chi connectivity index (χ2v) is 6.90. The molecule has 0 aliphatic carbocycles. The van der Waals surface area contributed by atoms with Crippen LogP contribution in [0.15, 0.2) is 78.9 Å². The zero-order valence-electron chi connectivity index (χ0n) is 14.9. The predicted octanol–water partition coefficient (Wildman–Crippen LogP) is 5.32. The fraction of sp³-hybridized carbons (Fsp3) is 0.217. The minimum Gasteiger partial charge on any atom is -0.327 e. The Bertz CT molecular complexity index is 932. The third-order valence-corrected chi connectivity index (χ3v) is 5.17. The molecule has 0 bridgehead atoms. The average Bonchev–Trinajstić information content (AvgIpc) is 2.97. The van der Waals surface area contributed by atoms with Crippen molar-refractivity contribution in [2.45, 2.75) is 26.1 Å². The van der Waals surface area contributed by atoms with Crippen LogP contribution in [0.3, 0.4) is 0 Å². The summed E-state index contributed by atoms with van der Waals surface area (Å²) in [6.07, 6.45) is 1.06. The van der Waals surface area contributed by atoms with Gasteiger partial charge in [-0.3, -0.25) is 4.90 Å². The van der Waals surface area contributed by atoms with Crippen LogP contribution in [-0.4, -0.2) is 22.6 Å². The van der Waals surface area contributed by atoms with Crippen LogP contribution >= 0.6 is 0 Å². The molecule has 0 N–H and O–H groups in total. The van der Waals surface area contributed by atoms with Crippen LogP contribution in [0.25, 0.3) is 21.8 Å². The van der Waals surface area contributed by atoms with Crippen LogP contribution in [0.1, 0.15) is 12.5 Å². The minimum atomic E-state index is 0.474. The van der Waals surface area contributed by atoms with Crippen molar-refractivity contribution in [2.75, 3.05) is 7.05 Å². The van der Waals surface area contributed by atoms with Crippen molar-refractivity contribution in [1.82, 2.24) is 9.47 Å². The van der Waals surface area contributed by atoms with Gasteiger partial charge >= 0.3 is 0 Å². The van der Waals surface area contributed by atoms with Gasteiger partial charge < -0.3 is 4.57 Å². The molecule has 0 aliphatic rings. The summed E-state index contributed by atoms with van der Waals surface area (Å²) in [5, 5.41) is 2.67. The highest BCUT2D eigenvalue weighted by Crippen LogP contribution is 2.29. The normalized spacial score (nSPS) is 12.9. The fourth-order valence-corrected chi connectivity index (χ4v) is 3.63. The molecule has 1 heterocycles. The number of para-hydroxylation sites is 2. The van der Waals surface area contributed by atoms with Gasteiger partial charge in [0.2, 0.25) is 0 Å². The van der Waals surface area contributed by atoms with E-state index in [1.54, 1.807) is 0 Å². The number of benzene rings is 3. The topological polar surface area (TPSA) is 8.17 Å². The van der Waals surface area contributed by atoms with Crippen LogP contribution in [-0.2, 0) is 13.1 Å². The Hall–Kier alpha value is -2.58. The molecule has 4 aromatic rings. The SMILES string of the molecule is CC(Cc1ccccc1)N(C)Cn1c2ccccc2c2ccccc21. The lowest BCUT2D eigenvalue weighted by atomic mass is 10.1. The molecule has 0 aliphatic heterocycles. The van der Waals surface area contributed by atoms with Crippen molar-refractivity contribution in [3.63, 3.8) is 0 Å². The van der Waals surface area contributed by atoms with E-state index in [2.05, 4.69) is 102 Å². The minimum absolute atomic E-state index is 0.474. The van der Waals surface area contributed by atoms with Gasteiger partial charge in [0.15, 0.2) is 0 Å². The van der Waals surface area contributed by atoms with Crippen molar-refractivity contribution in [2.24, 2.45) is 0 Å². The van der Waals surface area contributed by atoms with Crippen LogP contribution in [0, 0.1) is 0 Å². The molecule has 2 heteroatoms. The second-order valence-electron chi connectivity index (χ2n) is 6.90. The molecule has 4 rings (SSSR count). The summed E-state index contributed by atoms with van der Waals surface area (Å²) >= 11 is 0. The molecule has 0 spiro atoms. The van der Waals surface area contributed by atoms with E-state index in [1.165, 1.54) is 27.4 Å². The molecule has 1 aromatic heterocycles. The summed E-state index contributed by atoms with van der Waals surface area (Å²) in [7, 11) is 2.22. The summed E-state index contributed by atoms with van der Waals surface area (Å²) in [4.78, 5) is 2.44. The number of likely N-dealkylation sites (N-methyl/N-ethyl adjacent to an activating group) is 1. The summed E-state index contributed by atoms with van der Waals surface area (Å²) in [5.74, 6) is 0. The van der Waals surface area contributed by atoms with Gasteiger partial charge in [-0.1, -0.05) is 66.7 Å². The van der Waals surface area contributed by atoms with E-state index < -0.39 is 0 Å². The fourth-order valence-electron chi connectivity index (χ4n) is 3.63. The standard InChI is InChI=1S/C23H24N2/c1-18(16-19-10-4-3-5-11-19)24(2)17-25-22-14-8-6-12-20(22)21-13-7-9-15-23(21)25/h3-15,18H,16-17H2,1-2H3. The lowest BCUT2D eigenvalue weighted by Gasteiger charge is -2.26. The first kappa shape index (κ1) is 15.9. The Balaban J connectivity index is 1.65. The van der Waals surface area contributed by atoms with Crippen LogP contribution < -0.4 is 0 Å². The average molecular weight is 328 g/mol.